The third-order valence-electron chi connectivity index (χ3n) is 4.37. The minimum Gasteiger partial charge on any atom is -0.354 e. The van der Waals surface area contributed by atoms with E-state index in [9.17, 15) is 14.4 Å². The van der Waals surface area contributed by atoms with Crippen LogP contribution in [0.15, 0.2) is 28.7 Å². The van der Waals surface area contributed by atoms with Crippen molar-refractivity contribution in [3.05, 3.63) is 34.3 Å². The average molecular weight is 424 g/mol. The van der Waals surface area contributed by atoms with E-state index in [4.69, 9.17) is 0 Å². The van der Waals surface area contributed by atoms with Crippen molar-refractivity contribution in [2.75, 3.05) is 19.6 Å². The van der Waals surface area contributed by atoms with E-state index in [0.29, 0.717) is 38.0 Å². The van der Waals surface area contributed by atoms with Crippen LogP contribution in [0.25, 0.3) is 0 Å². The normalized spacial score (nSPS) is 15.2. The molecule has 2 N–H and O–H groups in total. The van der Waals surface area contributed by atoms with Crippen LogP contribution in [0.2, 0.25) is 0 Å². The summed E-state index contributed by atoms with van der Waals surface area (Å²) in [5.41, 5.74) is 0.593. The topological polar surface area (TPSA) is 78.5 Å². The standard InChI is InChI=1S/C19H26BrN3O3/c1-13(2)17(23-11-4-8-16(23)24)19(26)22-10-5-9-21-18(25)14-6-3-7-15(20)12-14/h3,6-7,12-13,17H,4-5,8-11H2,1-2H3,(H,21,25)(H,22,26)/t17-/m0/s1. The zero-order valence-corrected chi connectivity index (χ0v) is 16.8. The summed E-state index contributed by atoms with van der Waals surface area (Å²) in [4.78, 5) is 38.1. The van der Waals surface area contributed by atoms with E-state index in [2.05, 4.69) is 26.6 Å². The number of nitrogens with zero attached hydrogens (tertiary/aromatic N) is 1. The van der Waals surface area contributed by atoms with Gasteiger partial charge in [0, 0.05) is 36.1 Å². The van der Waals surface area contributed by atoms with Crippen LogP contribution in [0.3, 0.4) is 0 Å². The molecular formula is C19H26BrN3O3. The van der Waals surface area contributed by atoms with Crippen LogP contribution in [-0.4, -0.2) is 48.3 Å². The van der Waals surface area contributed by atoms with Crippen molar-refractivity contribution in [3.8, 4) is 0 Å². The lowest BCUT2D eigenvalue weighted by Gasteiger charge is -2.29. The molecule has 2 rings (SSSR count). The van der Waals surface area contributed by atoms with Gasteiger partial charge in [-0.25, -0.2) is 0 Å². The molecular weight excluding hydrogens is 398 g/mol. The van der Waals surface area contributed by atoms with E-state index >= 15 is 0 Å². The van der Waals surface area contributed by atoms with Gasteiger partial charge in [0.1, 0.15) is 6.04 Å². The van der Waals surface area contributed by atoms with Gasteiger partial charge in [-0.05, 0) is 37.0 Å². The van der Waals surface area contributed by atoms with Crippen molar-refractivity contribution in [2.45, 2.75) is 39.2 Å². The fraction of sp³-hybridized carbons (Fsp3) is 0.526. The Kier molecular flexibility index (Phi) is 7.63. The van der Waals surface area contributed by atoms with Crippen LogP contribution >= 0.6 is 15.9 Å². The van der Waals surface area contributed by atoms with Crippen LogP contribution in [-0.2, 0) is 9.59 Å². The summed E-state index contributed by atoms with van der Waals surface area (Å²) in [5, 5.41) is 5.73. The van der Waals surface area contributed by atoms with Crippen molar-refractivity contribution in [1.82, 2.24) is 15.5 Å². The Morgan fingerprint density at radius 2 is 1.96 bits per heavy atom. The smallest absolute Gasteiger partial charge is 0.251 e. The van der Waals surface area contributed by atoms with E-state index in [1.165, 1.54) is 0 Å². The highest BCUT2D eigenvalue weighted by Crippen LogP contribution is 2.19. The maximum Gasteiger partial charge on any atom is 0.251 e. The number of carbonyl (C=O) groups is 3. The number of halogens is 1. The molecule has 0 unspecified atom stereocenters. The number of hydrogen-bond acceptors (Lipinski definition) is 3. The predicted molar refractivity (Wildman–Crippen MR) is 104 cm³/mol. The maximum absolute atomic E-state index is 12.5. The number of benzene rings is 1. The van der Waals surface area contributed by atoms with Crippen molar-refractivity contribution < 1.29 is 14.4 Å². The summed E-state index contributed by atoms with van der Waals surface area (Å²) in [7, 11) is 0. The molecule has 1 heterocycles. The molecule has 7 heteroatoms. The van der Waals surface area contributed by atoms with Gasteiger partial charge in [-0.1, -0.05) is 35.8 Å². The SMILES string of the molecule is CC(C)[C@@H](C(=O)NCCCNC(=O)c1cccc(Br)c1)N1CCCC1=O. The summed E-state index contributed by atoms with van der Waals surface area (Å²) in [6.07, 6.45) is 1.97. The van der Waals surface area contributed by atoms with Gasteiger partial charge < -0.3 is 15.5 Å². The van der Waals surface area contributed by atoms with Crippen LogP contribution in [0.4, 0.5) is 0 Å². The first-order valence-electron chi connectivity index (χ1n) is 9.01. The molecule has 1 aliphatic heterocycles. The van der Waals surface area contributed by atoms with E-state index < -0.39 is 6.04 Å². The highest BCUT2D eigenvalue weighted by atomic mass is 79.9. The summed E-state index contributed by atoms with van der Waals surface area (Å²) < 4.78 is 0.855. The third kappa shape index (κ3) is 5.56. The number of nitrogens with one attached hydrogen (secondary N) is 2. The van der Waals surface area contributed by atoms with Crippen LogP contribution in [0, 0.1) is 5.92 Å². The van der Waals surface area contributed by atoms with Gasteiger partial charge in [0.25, 0.3) is 5.91 Å². The lowest BCUT2D eigenvalue weighted by Crippen LogP contribution is -2.50. The Morgan fingerprint density at radius 1 is 1.23 bits per heavy atom. The predicted octanol–water partition coefficient (Wildman–Crippen LogP) is 2.33. The molecule has 1 fully saturated rings. The largest absolute Gasteiger partial charge is 0.354 e. The molecule has 1 aromatic rings. The van der Waals surface area contributed by atoms with E-state index in [0.717, 1.165) is 10.9 Å². The molecule has 0 aromatic heterocycles. The summed E-state index contributed by atoms with van der Waals surface area (Å²) in [6.45, 7) is 5.49. The van der Waals surface area contributed by atoms with E-state index in [1.807, 2.05) is 26.0 Å². The Balaban J connectivity index is 1.73. The molecule has 0 bridgehead atoms. The Labute approximate surface area is 162 Å². The second kappa shape index (κ2) is 9.71. The second-order valence-corrected chi connectivity index (χ2v) is 7.71. The van der Waals surface area contributed by atoms with Gasteiger partial charge >= 0.3 is 0 Å². The molecule has 0 radical (unpaired) electrons. The molecule has 142 valence electrons. The van der Waals surface area contributed by atoms with E-state index in [1.54, 1.807) is 17.0 Å². The first-order valence-corrected chi connectivity index (χ1v) is 9.80. The first-order chi connectivity index (χ1) is 12.4. The zero-order chi connectivity index (χ0) is 19.1. The van der Waals surface area contributed by atoms with Crippen molar-refractivity contribution in [2.24, 2.45) is 5.92 Å². The molecule has 1 saturated heterocycles. The molecule has 0 saturated carbocycles. The summed E-state index contributed by atoms with van der Waals surface area (Å²) in [6, 6.07) is 6.77. The van der Waals surface area contributed by atoms with Gasteiger partial charge in [0.05, 0.1) is 0 Å². The lowest BCUT2D eigenvalue weighted by molar-refractivity contribution is -0.139. The van der Waals surface area contributed by atoms with Crippen molar-refractivity contribution in [3.63, 3.8) is 0 Å². The highest BCUT2D eigenvalue weighted by Gasteiger charge is 2.34. The molecule has 1 aliphatic rings. The highest BCUT2D eigenvalue weighted by molar-refractivity contribution is 9.10. The molecule has 0 spiro atoms. The molecule has 6 nitrogen and oxygen atoms in total. The van der Waals surface area contributed by atoms with Gasteiger partial charge in [-0.3, -0.25) is 14.4 Å². The summed E-state index contributed by atoms with van der Waals surface area (Å²) in [5.74, 6) is -0.137. The molecule has 26 heavy (non-hydrogen) atoms. The number of amides is 3. The average Bonchev–Trinajstić information content (AvgIpc) is 3.00. The Bertz CT molecular complexity index is 663. The van der Waals surface area contributed by atoms with Crippen LogP contribution in [0.5, 0.6) is 0 Å². The fourth-order valence-corrected chi connectivity index (χ4v) is 3.50. The first kappa shape index (κ1) is 20.4. The second-order valence-electron chi connectivity index (χ2n) is 6.79. The van der Waals surface area contributed by atoms with Crippen LogP contribution in [0.1, 0.15) is 43.5 Å². The summed E-state index contributed by atoms with van der Waals surface area (Å²) >= 11 is 3.34. The van der Waals surface area contributed by atoms with Gasteiger partial charge in [-0.15, -0.1) is 0 Å². The Hall–Kier alpha value is -1.89. The molecule has 3 amide bonds. The quantitative estimate of drug-likeness (QED) is 0.629. The lowest BCUT2D eigenvalue weighted by atomic mass is 10.0. The molecule has 1 atom stereocenters. The fourth-order valence-electron chi connectivity index (χ4n) is 3.11. The minimum absolute atomic E-state index is 0.0557. The number of likely N-dealkylation sites (tertiary alicyclic amines) is 1. The van der Waals surface area contributed by atoms with Gasteiger partial charge in [-0.2, -0.15) is 0 Å². The molecule has 0 aliphatic carbocycles. The van der Waals surface area contributed by atoms with Gasteiger partial charge in [0.15, 0.2) is 0 Å². The zero-order valence-electron chi connectivity index (χ0n) is 15.3. The van der Waals surface area contributed by atoms with Gasteiger partial charge in [0.2, 0.25) is 11.8 Å². The minimum atomic E-state index is -0.415. The Morgan fingerprint density at radius 3 is 2.58 bits per heavy atom. The van der Waals surface area contributed by atoms with Crippen LogP contribution < -0.4 is 10.6 Å². The monoisotopic (exact) mass is 423 g/mol. The van der Waals surface area contributed by atoms with Crippen molar-refractivity contribution >= 4 is 33.7 Å². The number of carbonyl (C=O) groups excluding carboxylic acids is 3. The molecule has 1 aromatic carbocycles. The van der Waals surface area contributed by atoms with E-state index in [-0.39, 0.29) is 23.6 Å². The third-order valence-corrected chi connectivity index (χ3v) is 4.86. The maximum atomic E-state index is 12.5. The number of hydrogen-bond donors (Lipinski definition) is 2. The number of rotatable bonds is 8. The van der Waals surface area contributed by atoms with Crippen molar-refractivity contribution in [1.29, 1.82) is 0 Å².